The minimum atomic E-state index is -0.375. The van der Waals surface area contributed by atoms with Crippen molar-refractivity contribution in [1.82, 2.24) is 0 Å². The van der Waals surface area contributed by atoms with E-state index in [1.807, 2.05) is 12.1 Å². The van der Waals surface area contributed by atoms with Gasteiger partial charge in [-0.3, -0.25) is 4.79 Å². The molecule has 0 radical (unpaired) electrons. The molecule has 0 heterocycles. The summed E-state index contributed by atoms with van der Waals surface area (Å²) in [5.74, 6) is 1.23. The fourth-order valence-corrected chi connectivity index (χ4v) is 4.34. The highest BCUT2D eigenvalue weighted by atomic mass is 16.5. The van der Waals surface area contributed by atoms with Crippen molar-refractivity contribution < 1.29 is 14.6 Å². The van der Waals surface area contributed by atoms with Gasteiger partial charge >= 0.3 is 0 Å². The molecule has 0 spiro atoms. The zero-order valence-corrected chi connectivity index (χ0v) is 12.9. The van der Waals surface area contributed by atoms with E-state index in [-0.39, 0.29) is 23.7 Å². The molecule has 2 aliphatic rings. The number of benzene rings is 1. The maximum atomic E-state index is 11.9. The van der Waals surface area contributed by atoms with Gasteiger partial charge in [-0.25, -0.2) is 0 Å². The Labute approximate surface area is 125 Å². The minimum Gasteiger partial charge on any atom is -0.496 e. The van der Waals surface area contributed by atoms with Gasteiger partial charge in [0.15, 0.2) is 5.78 Å². The number of rotatable bonds is 3. The molecule has 1 aromatic carbocycles. The van der Waals surface area contributed by atoms with Crippen molar-refractivity contribution in [3.8, 4) is 5.75 Å². The number of carbonyl (C=O) groups excluding carboxylic acids is 1. The van der Waals surface area contributed by atoms with Gasteiger partial charge in [0.05, 0.1) is 13.7 Å². The van der Waals surface area contributed by atoms with Crippen molar-refractivity contribution in [2.24, 2.45) is 5.41 Å². The van der Waals surface area contributed by atoms with Crippen molar-refractivity contribution in [2.75, 3.05) is 13.7 Å². The van der Waals surface area contributed by atoms with Crippen LogP contribution in [0.5, 0.6) is 5.75 Å². The lowest BCUT2D eigenvalue weighted by molar-refractivity contribution is -0.115. The number of fused-ring (bicyclic) bond motifs is 3. The Balaban J connectivity index is 2.11. The van der Waals surface area contributed by atoms with E-state index in [9.17, 15) is 9.90 Å². The molecule has 2 atom stereocenters. The van der Waals surface area contributed by atoms with E-state index in [0.717, 1.165) is 30.6 Å². The van der Waals surface area contributed by atoms with Crippen molar-refractivity contribution in [3.05, 3.63) is 40.5 Å². The van der Waals surface area contributed by atoms with E-state index >= 15 is 0 Å². The number of methoxy groups -OCH3 is 1. The fraction of sp³-hybridized carbons (Fsp3) is 0.500. The third-order valence-corrected chi connectivity index (χ3v) is 5.42. The van der Waals surface area contributed by atoms with Crippen LogP contribution in [0.25, 0.3) is 0 Å². The molecule has 21 heavy (non-hydrogen) atoms. The first-order valence-corrected chi connectivity index (χ1v) is 7.54. The molecule has 0 unspecified atom stereocenters. The molecule has 1 aromatic rings. The Hall–Kier alpha value is -1.61. The topological polar surface area (TPSA) is 46.5 Å². The molecule has 3 rings (SSSR count). The highest BCUT2D eigenvalue weighted by molar-refractivity contribution is 5.95. The Bertz CT molecular complexity index is 630. The van der Waals surface area contributed by atoms with Crippen molar-refractivity contribution in [3.63, 3.8) is 0 Å². The molecular weight excluding hydrogens is 264 g/mol. The van der Waals surface area contributed by atoms with Crippen LogP contribution in [0.3, 0.4) is 0 Å². The molecule has 1 N–H and O–H groups in total. The average Bonchev–Trinajstić information content (AvgIpc) is 2.88. The molecule has 112 valence electrons. The molecule has 0 saturated carbocycles. The molecular formula is C18H22O3. The van der Waals surface area contributed by atoms with Gasteiger partial charge in [0.25, 0.3) is 0 Å². The monoisotopic (exact) mass is 286 g/mol. The van der Waals surface area contributed by atoms with Crippen molar-refractivity contribution in [2.45, 2.75) is 39.0 Å². The van der Waals surface area contributed by atoms with Crippen LogP contribution in [0.15, 0.2) is 23.8 Å². The normalized spacial score (nSPS) is 26.9. The summed E-state index contributed by atoms with van der Waals surface area (Å²) >= 11 is 0. The van der Waals surface area contributed by atoms with Gasteiger partial charge < -0.3 is 9.84 Å². The molecule has 0 saturated heterocycles. The third-order valence-electron chi connectivity index (χ3n) is 5.42. The predicted molar refractivity (Wildman–Crippen MR) is 81.7 cm³/mol. The highest BCUT2D eigenvalue weighted by Gasteiger charge is 2.49. The van der Waals surface area contributed by atoms with Crippen LogP contribution in [0.1, 0.15) is 42.4 Å². The lowest BCUT2D eigenvalue weighted by atomic mass is 9.62. The van der Waals surface area contributed by atoms with E-state index in [4.69, 9.17) is 4.74 Å². The summed E-state index contributed by atoms with van der Waals surface area (Å²) < 4.78 is 5.42. The zero-order chi connectivity index (χ0) is 15.2. The maximum Gasteiger partial charge on any atom is 0.156 e. The van der Waals surface area contributed by atoms with Gasteiger partial charge in [0.1, 0.15) is 5.75 Å². The predicted octanol–water partition coefficient (Wildman–Crippen LogP) is 2.93. The second-order valence-electron chi connectivity index (χ2n) is 6.24. The number of hydrogen-bond donors (Lipinski definition) is 1. The van der Waals surface area contributed by atoms with Crippen LogP contribution in [-0.4, -0.2) is 24.6 Å². The van der Waals surface area contributed by atoms with Gasteiger partial charge in [-0.15, -0.1) is 0 Å². The number of aliphatic hydroxyl groups excluding tert-OH is 1. The Morgan fingerprint density at radius 2 is 2.24 bits per heavy atom. The first-order valence-electron chi connectivity index (χ1n) is 7.54. The van der Waals surface area contributed by atoms with Gasteiger partial charge in [-0.05, 0) is 67.4 Å². The molecule has 3 heteroatoms. The van der Waals surface area contributed by atoms with Crippen LogP contribution >= 0.6 is 0 Å². The zero-order valence-electron chi connectivity index (χ0n) is 12.9. The first kappa shape index (κ1) is 14.3. The van der Waals surface area contributed by atoms with Gasteiger partial charge in [-0.2, -0.15) is 0 Å². The van der Waals surface area contributed by atoms with Gasteiger partial charge in [-0.1, -0.05) is 12.1 Å². The Morgan fingerprint density at radius 1 is 1.48 bits per heavy atom. The number of hydrogen-bond acceptors (Lipinski definition) is 3. The highest BCUT2D eigenvalue weighted by Crippen LogP contribution is 2.56. The summed E-state index contributed by atoms with van der Waals surface area (Å²) in [6.45, 7) is 3.76. The summed E-state index contributed by atoms with van der Waals surface area (Å²) in [5, 5.41) is 10.0. The first-order chi connectivity index (χ1) is 10.0. The Kier molecular flexibility index (Phi) is 3.40. The summed E-state index contributed by atoms with van der Waals surface area (Å²) in [6, 6.07) is 4.12. The number of ether oxygens (including phenoxy) is 1. The number of Topliss-reactive ketones (excluding diaryl/α,β-unsaturated/α-hetero) is 1. The standard InChI is InChI=1S/C18H22O3/c1-11-13-8-9-18(10-19)15(12(2)20)5-6-16(18)14(13)4-7-17(11)21-3/h4-5,7,16,19H,6,8-10H2,1-3H3/t16-,18+/m1/s1. The number of ketones is 1. The summed E-state index contributed by atoms with van der Waals surface area (Å²) in [6.07, 6.45) is 4.60. The molecule has 0 bridgehead atoms. The summed E-state index contributed by atoms with van der Waals surface area (Å²) in [4.78, 5) is 11.9. The van der Waals surface area contributed by atoms with Crippen LogP contribution in [0.2, 0.25) is 0 Å². The second kappa shape index (κ2) is 4.99. The SMILES string of the molecule is COc1ccc2c(c1C)CC[C@]1(CO)C(C(C)=O)=CC[C@H]21. The van der Waals surface area contributed by atoms with E-state index in [1.165, 1.54) is 16.7 Å². The fourth-order valence-electron chi connectivity index (χ4n) is 4.34. The third kappa shape index (κ3) is 1.87. The molecule has 0 aromatic heterocycles. The van der Waals surface area contributed by atoms with E-state index in [2.05, 4.69) is 13.0 Å². The maximum absolute atomic E-state index is 11.9. The van der Waals surface area contributed by atoms with Crippen molar-refractivity contribution in [1.29, 1.82) is 0 Å². The molecule has 3 nitrogen and oxygen atoms in total. The summed E-state index contributed by atoms with van der Waals surface area (Å²) in [5.41, 5.74) is 4.26. The second-order valence-corrected chi connectivity index (χ2v) is 6.24. The van der Waals surface area contributed by atoms with Gasteiger partial charge in [0.2, 0.25) is 0 Å². The largest absolute Gasteiger partial charge is 0.496 e. The minimum absolute atomic E-state index is 0.0492. The summed E-state index contributed by atoms with van der Waals surface area (Å²) in [7, 11) is 1.69. The quantitative estimate of drug-likeness (QED) is 0.929. The number of allylic oxidation sites excluding steroid dienone is 1. The molecule has 2 aliphatic carbocycles. The number of carbonyl (C=O) groups is 1. The lowest BCUT2D eigenvalue weighted by Gasteiger charge is -2.42. The van der Waals surface area contributed by atoms with Crippen LogP contribution < -0.4 is 4.74 Å². The van der Waals surface area contributed by atoms with E-state index < -0.39 is 0 Å². The van der Waals surface area contributed by atoms with Crippen LogP contribution in [-0.2, 0) is 11.2 Å². The Morgan fingerprint density at radius 3 is 2.86 bits per heavy atom. The molecule has 0 amide bonds. The smallest absolute Gasteiger partial charge is 0.156 e. The molecule has 0 aliphatic heterocycles. The van der Waals surface area contributed by atoms with Gasteiger partial charge in [0, 0.05) is 5.41 Å². The van der Waals surface area contributed by atoms with Crippen LogP contribution in [0, 0.1) is 12.3 Å². The molecule has 0 fully saturated rings. The van der Waals surface area contributed by atoms with E-state index in [1.54, 1.807) is 14.0 Å². The van der Waals surface area contributed by atoms with Crippen LogP contribution in [0.4, 0.5) is 0 Å². The number of aliphatic hydroxyl groups is 1. The van der Waals surface area contributed by atoms with E-state index in [0.29, 0.717) is 0 Å². The van der Waals surface area contributed by atoms with Crippen molar-refractivity contribution >= 4 is 5.78 Å². The average molecular weight is 286 g/mol. The lowest BCUT2D eigenvalue weighted by Crippen LogP contribution is -2.38.